The zero-order valence-electron chi connectivity index (χ0n) is 16.1. The van der Waals surface area contributed by atoms with Gasteiger partial charge in [-0.05, 0) is 54.8 Å². The molecule has 2 aromatic carbocycles. The predicted molar refractivity (Wildman–Crippen MR) is 109 cm³/mol. The molecule has 0 radical (unpaired) electrons. The minimum Gasteiger partial charge on any atom is -0.388 e. The van der Waals surface area contributed by atoms with E-state index in [2.05, 4.69) is 61.2 Å². The molecule has 0 aliphatic carbocycles. The summed E-state index contributed by atoms with van der Waals surface area (Å²) in [6.45, 7) is 7.83. The van der Waals surface area contributed by atoms with E-state index in [0.717, 1.165) is 18.5 Å². The Morgan fingerprint density at radius 1 is 0.800 bits per heavy atom. The fraction of sp³-hybridized carbons (Fsp3) is 0.565. The molecule has 0 saturated carbocycles. The Balaban J connectivity index is 1.89. The molecule has 1 unspecified atom stereocenters. The second kappa shape index (κ2) is 11.3. The van der Waals surface area contributed by atoms with Crippen molar-refractivity contribution >= 4 is 10.8 Å². The summed E-state index contributed by atoms with van der Waals surface area (Å²) in [6, 6.07) is 14.7. The van der Waals surface area contributed by atoms with Crippen LogP contribution in [0.4, 0.5) is 0 Å². The van der Waals surface area contributed by atoms with E-state index < -0.39 is 0 Å². The Bertz CT molecular complexity index is 600. The van der Waals surface area contributed by atoms with Gasteiger partial charge in [0.25, 0.3) is 0 Å². The summed E-state index contributed by atoms with van der Waals surface area (Å²) in [6.07, 6.45) is 8.13. The lowest BCUT2D eigenvalue weighted by molar-refractivity contribution is 0.140. The Kier molecular flexibility index (Phi) is 8.99. The van der Waals surface area contributed by atoms with Crippen LogP contribution in [0.2, 0.25) is 0 Å². The van der Waals surface area contributed by atoms with Crippen molar-refractivity contribution in [2.45, 2.75) is 64.9 Å². The lowest BCUT2D eigenvalue weighted by Gasteiger charge is -2.24. The zero-order chi connectivity index (χ0) is 17.9. The first kappa shape index (κ1) is 19.9. The van der Waals surface area contributed by atoms with Crippen molar-refractivity contribution in [3.05, 3.63) is 48.0 Å². The first-order chi connectivity index (χ1) is 12.2. The van der Waals surface area contributed by atoms with Gasteiger partial charge >= 0.3 is 0 Å². The van der Waals surface area contributed by atoms with Crippen LogP contribution in [0.1, 0.15) is 70.5 Å². The molecule has 2 rings (SSSR count). The predicted octanol–water partition coefficient (Wildman–Crippen LogP) is 5.95. The van der Waals surface area contributed by atoms with Crippen LogP contribution in [0.25, 0.3) is 10.8 Å². The van der Waals surface area contributed by atoms with E-state index in [9.17, 15) is 5.11 Å². The van der Waals surface area contributed by atoms with Gasteiger partial charge in [-0.15, -0.1) is 0 Å². The summed E-state index contributed by atoms with van der Waals surface area (Å²) in [7, 11) is 0. The quantitative estimate of drug-likeness (QED) is 0.482. The van der Waals surface area contributed by atoms with Gasteiger partial charge in [0.1, 0.15) is 0 Å². The fourth-order valence-corrected chi connectivity index (χ4v) is 3.39. The van der Waals surface area contributed by atoms with Gasteiger partial charge in [-0.3, -0.25) is 0 Å². The highest BCUT2D eigenvalue weighted by Crippen LogP contribution is 2.22. The standard InChI is InChI=1S/C23H35NO/c1-3-5-9-16-24(17-10-6-4-2)18-15-23(25)22-14-13-20-11-7-8-12-21(20)19-22/h7-8,11-14,19,23,25H,3-6,9-10,15-18H2,1-2H3. The van der Waals surface area contributed by atoms with Crippen molar-refractivity contribution in [1.29, 1.82) is 0 Å². The Morgan fingerprint density at radius 3 is 2.08 bits per heavy atom. The van der Waals surface area contributed by atoms with Gasteiger partial charge in [0.05, 0.1) is 6.10 Å². The second-order valence-corrected chi connectivity index (χ2v) is 7.17. The highest BCUT2D eigenvalue weighted by atomic mass is 16.3. The van der Waals surface area contributed by atoms with Gasteiger partial charge in [-0.2, -0.15) is 0 Å². The van der Waals surface area contributed by atoms with Gasteiger partial charge in [0, 0.05) is 6.54 Å². The number of aliphatic hydroxyl groups is 1. The molecule has 138 valence electrons. The second-order valence-electron chi connectivity index (χ2n) is 7.17. The molecule has 0 bridgehead atoms. The van der Waals surface area contributed by atoms with Gasteiger partial charge in [-0.25, -0.2) is 0 Å². The molecule has 2 aromatic rings. The number of hydrogen-bond donors (Lipinski definition) is 1. The van der Waals surface area contributed by atoms with Crippen molar-refractivity contribution in [3.63, 3.8) is 0 Å². The van der Waals surface area contributed by atoms with Crippen molar-refractivity contribution < 1.29 is 5.11 Å². The summed E-state index contributed by atoms with van der Waals surface area (Å²) in [5, 5.41) is 13.1. The summed E-state index contributed by atoms with van der Waals surface area (Å²) >= 11 is 0. The van der Waals surface area contributed by atoms with Crippen LogP contribution in [0.3, 0.4) is 0 Å². The molecule has 25 heavy (non-hydrogen) atoms. The number of aliphatic hydroxyl groups excluding tert-OH is 1. The number of nitrogens with zero attached hydrogens (tertiary/aromatic N) is 1. The SMILES string of the molecule is CCCCCN(CCCCC)CCC(O)c1ccc2ccccc2c1. The first-order valence-electron chi connectivity index (χ1n) is 10.1. The van der Waals surface area contributed by atoms with Gasteiger partial charge in [0.15, 0.2) is 0 Å². The molecular formula is C23H35NO. The third kappa shape index (κ3) is 6.80. The van der Waals surface area contributed by atoms with E-state index in [1.54, 1.807) is 0 Å². The monoisotopic (exact) mass is 341 g/mol. The molecule has 0 heterocycles. The third-order valence-corrected chi connectivity index (χ3v) is 5.03. The van der Waals surface area contributed by atoms with Crippen molar-refractivity contribution in [1.82, 2.24) is 4.90 Å². The first-order valence-corrected chi connectivity index (χ1v) is 10.1. The number of benzene rings is 2. The summed E-state index contributed by atoms with van der Waals surface area (Å²) < 4.78 is 0. The largest absolute Gasteiger partial charge is 0.388 e. The molecule has 2 heteroatoms. The normalized spacial score (nSPS) is 12.8. The highest BCUT2D eigenvalue weighted by molar-refractivity contribution is 5.83. The van der Waals surface area contributed by atoms with E-state index >= 15 is 0 Å². The maximum atomic E-state index is 10.6. The zero-order valence-corrected chi connectivity index (χ0v) is 16.1. The maximum Gasteiger partial charge on any atom is 0.0802 e. The summed E-state index contributed by atoms with van der Waals surface area (Å²) in [5.41, 5.74) is 1.04. The Labute approximate surface area is 153 Å². The average Bonchev–Trinajstić information content (AvgIpc) is 2.65. The number of hydrogen-bond acceptors (Lipinski definition) is 2. The molecule has 2 nitrogen and oxygen atoms in total. The molecule has 0 amide bonds. The highest BCUT2D eigenvalue weighted by Gasteiger charge is 2.11. The molecule has 0 aromatic heterocycles. The molecule has 0 fully saturated rings. The van der Waals surface area contributed by atoms with Crippen LogP contribution < -0.4 is 0 Å². The average molecular weight is 342 g/mol. The van der Waals surface area contributed by atoms with E-state index in [-0.39, 0.29) is 6.10 Å². The van der Waals surface area contributed by atoms with Crippen LogP contribution in [0, 0.1) is 0 Å². The van der Waals surface area contributed by atoms with Crippen LogP contribution in [-0.2, 0) is 0 Å². The molecule has 0 aliphatic heterocycles. The minimum atomic E-state index is -0.371. The molecule has 0 spiro atoms. The van der Waals surface area contributed by atoms with Gasteiger partial charge in [0.2, 0.25) is 0 Å². The lowest BCUT2D eigenvalue weighted by atomic mass is 10.0. The molecule has 1 N–H and O–H groups in total. The van der Waals surface area contributed by atoms with Crippen LogP contribution >= 0.6 is 0 Å². The molecule has 0 aliphatic rings. The smallest absolute Gasteiger partial charge is 0.0802 e. The topological polar surface area (TPSA) is 23.5 Å². The number of rotatable bonds is 12. The number of unbranched alkanes of at least 4 members (excludes halogenated alkanes) is 4. The minimum absolute atomic E-state index is 0.371. The summed E-state index contributed by atoms with van der Waals surface area (Å²) in [4.78, 5) is 2.55. The third-order valence-electron chi connectivity index (χ3n) is 5.03. The van der Waals surface area contributed by atoms with E-state index in [0.29, 0.717) is 0 Å². The lowest BCUT2D eigenvalue weighted by Crippen LogP contribution is -2.28. The van der Waals surface area contributed by atoms with Gasteiger partial charge in [-0.1, -0.05) is 75.9 Å². The van der Waals surface area contributed by atoms with Crippen LogP contribution in [0.15, 0.2) is 42.5 Å². The van der Waals surface area contributed by atoms with Crippen LogP contribution in [-0.4, -0.2) is 29.6 Å². The van der Waals surface area contributed by atoms with Crippen molar-refractivity contribution in [3.8, 4) is 0 Å². The van der Waals surface area contributed by atoms with Crippen LogP contribution in [0.5, 0.6) is 0 Å². The molecule has 1 atom stereocenters. The van der Waals surface area contributed by atoms with E-state index in [4.69, 9.17) is 0 Å². The Hall–Kier alpha value is -1.38. The Morgan fingerprint density at radius 2 is 1.44 bits per heavy atom. The van der Waals surface area contributed by atoms with E-state index in [1.165, 1.54) is 62.4 Å². The molecular weight excluding hydrogens is 306 g/mol. The molecule has 0 saturated heterocycles. The summed E-state index contributed by atoms with van der Waals surface area (Å²) in [5.74, 6) is 0. The van der Waals surface area contributed by atoms with Crippen molar-refractivity contribution in [2.75, 3.05) is 19.6 Å². The van der Waals surface area contributed by atoms with E-state index in [1.807, 2.05) is 0 Å². The number of fused-ring (bicyclic) bond motifs is 1. The van der Waals surface area contributed by atoms with Gasteiger partial charge < -0.3 is 10.0 Å². The maximum absolute atomic E-state index is 10.6. The fourth-order valence-electron chi connectivity index (χ4n) is 3.39. The van der Waals surface area contributed by atoms with Crippen molar-refractivity contribution in [2.24, 2.45) is 0 Å².